The lowest BCUT2D eigenvalue weighted by Crippen LogP contribution is -2.45. The number of carbonyl (C=O) groups excluding carboxylic acids is 1. The molecule has 8 nitrogen and oxygen atoms in total. The van der Waals surface area contributed by atoms with Crippen molar-refractivity contribution in [1.29, 1.82) is 0 Å². The van der Waals surface area contributed by atoms with E-state index in [4.69, 9.17) is 0 Å². The van der Waals surface area contributed by atoms with Crippen LogP contribution in [0.25, 0.3) is 0 Å². The minimum atomic E-state index is -0.937. The third-order valence-electron chi connectivity index (χ3n) is 7.50. The van der Waals surface area contributed by atoms with Crippen molar-refractivity contribution in [2.45, 2.75) is 57.1 Å². The molecule has 1 saturated heterocycles. The first-order chi connectivity index (χ1) is 17.8. The Hall–Kier alpha value is -3.17. The van der Waals surface area contributed by atoms with Gasteiger partial charge in [-0.05, 0) is 79.5 Å². The van der Waals surface area contributed by atoms with Crippen LogP contribution in [0.15, 0.2) is 62.6 Å². The second kappa shape index (κ2) is 10.7. The Labute approximate surface area is 223 Å². The molecule has 2 heterocycles. The van der Waals surface area contributed by atoms with Gasteiger partial charge in [0.15, 0.2) is 0 Å². The predicted octanol–water partition coefficient (Wildman–Crippen LogP) is 3.82. The molecule has 3 N–H and O–H groups in total. The SMILES string of the molecule is O=C(CCCn1c(=O)cc(Nc2ccc3c(c2)CCC3)[nH]c1=O)N1CCC(O)(c2ccc(Br)cc2)CC1. The maximum atomic E-state index is 12.7. The van der Waals surface area contributed by atoms with Crippen LogP contribution in [0.5, 0.6) is 0 Å². The number of amides is 1. The molecule has 0 spiro atoms. The van der Waals surface area contributed by atoms with E-state index in [1.54, 1.807) is 4.90 Å². The van der Waals surface area contributed by atoms with Gasteiger partial charge in [0.1, 0.15) is 5.82 Å². The lowest BCUT2D eigenvalue weighted by Gasteiger charge is -2.38. The molecule has 5 rings (SSSR count). The Morgan fingerprint density at radius 1 is 1.03 bits per heavy atom. The molecule has 0 radical (unpaired) electrons. The lowest BCUT2D eigenvalue weighted by molar-refractivity contribution is -0.135. The molecule has 1 amide bonds. The maximum Gasteiger partial charge on any atom is 0.329 e. The summed E-state index contributed by atoms with van der Waals surface area (Å²) < 4.78 is 2.08. The highest BCUT2D eigenvalue weighted by Crippen LogP contribution is 2.33. The number of hydrogen-bond donors (Lipinski definition) is 3. The van der Waals surface area contributed by atoms with Gasteiger partial charge in [-0.1, -0.05) is 34.1 Å². The quantitative estimate of drug-likeness (QED) is 0.403. The Morgan fingerprint density at radius 2 is 1.76 bits per heavy atom. The highest BCUT2D eigenvalue weighted by atomic mass is 79.9. The molecule has 1 fully saturated rings. The van der Waals surface area contributed by atoms with Gasteiger partial charge in [-0.15, -0.1) is 0 Å². The van der Waals surface area contributed by atoms with Gasteiger partial charge in [0.25, 0.3) is 5.56 Å². The van der Waals surface area contributed by atoms with Crippen molar-refractivity contribution in [2.24, 2.45) is 0 Å². The molecule has 37 heavy (non-hydrogen) atoms. The number of hydrogen-bond acceptors (Lipinski definition) is 5. The summed E-state index contributed by atoms with van der Waals surface area (Å²) in [6.07, 6.45) is 4.85. The highest BCUT2D eigenvalue weighted by Gasteiger charge is 2.35. The minimum absolute atomic E-state index is 0.0303. The summed E-state index contributed by atoms with van der Waals surface area (Å²) in [5.74, 6) is 0.323. The van der Waals surface area contributed by atoms with Crippen LogP contribution in [0.3, 0.4) is 0 Å². The van der Waals surface area contributed by atoms with Gasteiger partial charge in [-0.2, -0.15) is 0 Å². The van der Waals surface area contributed by atoms with Crippen molar-refractivity contribution in [1.82, 2.24) is 14.5 Å². The van der Waals surface area contributed by atoms with E-state index in [0.29, 0.717) is 38.2 Å². The summed E-state index contributed by atoms with van der Waals surface area (Å²) in [5, 5.41) is 14.2. The molecule has 1 aliphatic carbocycles. The largest absolute Gasteiger partial charge is 0.385 e. The Balaban J connectivity index is 1.13. The topological polar surface area (TPSA) is 107 Å². The van der Waals surface area contributed by atoms with Crippen LogP contribution in [-0.2, 0) is 29.8 Å². The summed E-state index contributed by atoms with van der Waals surface area (Å²) in [7, 11) is 0. The number of halogens is 1. The number of fused-ring (bicyclic) bond motifs is 1. The number of rotatable bonds is 7. The molecule has 1 aromatic heterocycles. The second-order valence-electron chi connectivity index (χ2n) is 9.96. The fraction of sp³-hybridized carbons (Fsp3) is 0.393. The molecule has 9 heteroatoms. The van der Waals surface area contributed by atoms with Crippen LogP contribution in [0, 0.1) is 0 Å². The van der Waals surface area contributed by atoms with Crippen molar-refractivity contribution < 1.29 is 9.90 Å². The monoisotopic (exact) mass is 566 g/mol. The minimum Gasteiger partial charge on any atom is -0.385 e. The molecule has 0 bridgehead atoms. The van der Waals surface area contributed by atoms with E-state index in [1.165, 1.54) is 17.2 Å². The third kappa shape index (κ3) is 5.72. The number of aliphatic hydroxyl groups is 1. The summed E-state index contributed by atoms with van der Waals surface area (Å²) in [4.78, 5) is 42.4. The van der Waals surface area contributed by atoms with Crippen LogP contribution >= 0.6 is 15.9 Å². The Bertz CT molecular complexity index is 1370. The standard InChI is InChI=1S/C28H31BrN4O4/c29-22-9-7-21(8-10-22)28(37)12-15-32(16-13-28)25(34)5-2-14-33-26(35)18-24(31-27(33)36)30-23-11-6-19-3-1-4-20(19)17-23/h6-11,17-18,30,37H,1-5,12-16H2,(H,31,36). The van der Waals surface area contributed by atoms with Crippen molar-refractivity contribution in [3.05, 3.63) is 90.5 Å². The number of carbonyl (C=O) groups is 1. The molecule has 3 aromatic rings. The van der Waals surface area contributed by atoms with E-state index < -0.39 is 16.9 Å². The number of piperidine rings is 1. The average molecular weight is 567 g/mol. The normalized spacial score (nSPS) is 16.4. The predicted molar refractivity (Wildman–Crippen MR) is 146 cm³/mol. The first-order valence-electron chi connectivity index (χ1n) is 12.8. The first kappa shape index (κ1) is 25.5. The van der Waals surface area contributed by atoms with E-state index >= 15 is 0 Å². The van der Waals surface area contributed by atoms with Crippen molar-refractivity contribution in [2.75, 3.05) is 18.4 Å². The maximum absolute atomic E-state index is 12.7. The van der Waals surface area contributed by atoms with E-state index in [1.807, 2.05) is 30.3 Å². The summed E-state index contributed by atoms with van der Waals surface area (Å²) in [6, 6.07) is 15.1. The van der Waals surface area contributed by atoms with Gasteiger partial charge in [0.2, 0.25) is 5.91 Å². The van der Waals surface area contributed by atoms with Crippen LogP contribution in [0.2, 0.25) is 0 Å². The van der Waals surface area contributed by atoms with Crippen LogP contribution in [0.1, 0.15) is 48.8 Å². The molecule has 194 valence electrons. The number of aromatic nitrogens is 2. The summed E-state index contributed by atoms with van der Waals surface area (Å²) >= 11 is 3.41. The molecule has 0 saturated carbocycles. The summed E-state index contributed by atoms with van der Waals surface area (Å²) in [6.45, 7) is 1.10. The van der Waals surface area contributed by atoms with Gasteiger partial charge in [0, 0.05) is 42.3 Å². The number of aryl methyl sites for hydroxylation is 2. The van der Waals surface area contributed by atoms with Gasteiger partial charge in [-0.25, -0.2) is 4.79 Å². The number of anilines is 2. The number of nitrogens with one attached hydrogen (secondary N) is 2. The molecule has 0 unspecified atom stereocenters. The number of aromatic amines is 1. The fourth-order valence-electron chi connectivity index (χ4n) is 5.33. The lowest BCUT2D eigenvalue weighted by atomic mass is 9.84. The van der Waals surface area contributed by atoms with Crippen LogP contribution < -0.4 is 16.6 Å². The number of H-pyrrole nitrogens is 1. The molecular weight excluding hydrogens is 536 g/mol. The summed E-state index contributed by atoms with van der Waals surface area (Å²) in [5.41, 5.74) is 2.51. The first-order valence-corrected chi connectivity index (χ1v) is 13.6. The zero-order valence-electron chi connectivity index (χ0n) is 20.6. The van der Waals surface area contributed by atoms with Gasteiger partial charge in [-0.3, -0.25) is 19.1 Å². The van der Waals surface area contributed by atoms with Gasteiger partial charge < -0.3 is 15.3 Å². The van der Waals surface area contributed by atoms with E-state index in [2.05, 4.69) is 38.4 Å². The van der Waals surface area contributed by atoms with Gasteiger partial charge >= 0.3 is 5.69 Å². The molecule has 1 aliphatic heterocycles. The number of likely N-dealkylation sites (tertiary alicyclic amines) is 1. The molecule has 2 aliphatic rings. The molecular formula is C28H31BrN4O4. The van der Waals surface area contributed by atoms with Crippen molar-refractivity contribution in [3.8, 4) is 0 Å². The number of benzene rings is 2. The van der Waals surface area contributed by atoms with Crippen molar-refractivity contribution >= 4 is 33.3 Å². The zero-order valence-corrected chi connectivity index (χ0v) is 22.2. The van der Waals surface area contributed by atoms with Gasteiger partial charge in [0.05, 0.1) is 5.60 Å². The van der Waals surface area contributed by atoms with Crippen molar-refractivity contribution in [3.63, 3.8) is 0 Å². The zero-order chi connectivity index (χ0) is 26.0. The molecule has 2 aromatic carbocycles. The number of nitrogens with zero attached hydrogens (tertiary/aromatic N) is 2. The Kier molecular flexibility index (Phi) is 7.35. The van der Waals surface area contributed by atoms with E-state index in [-0.39, 0.29) is 18.9 Å². The third-order valence-corrected chi connectivity index (χ3v) is 8.02. The second-order valence-corrected chi connectivity index (χ2v) is 10.9. The smallest absolute Gasteiger partial charge is 0.329 e. The van der Waals surface area contributed by atoms with Crippen LogP contribution in [-0.4, -0.2) is 38.6 Å². The van der Waals surface area contributed by atoms with E-state index in [0.717, 1.165) is 39.6 Å². The van der Waals surface area contributed by atoms with Crippen LogP contribution in [0.4, 0.5) is 11.5 Å². The van der Waals surface area contributed by atoms with E-state index in [9.17, 15) is 19.5 Å². The average Bonchev–Trinajstić information content (AvgIpc) is 3.34. The Morgan fingerprint density at radius 3 is 2.49 bits per heavy atom. The highest BCUT2D eigenvalue weighted by molar-refractivity contribution is 9.10. The fourth-order valence-corrected chi connectivity index (χ4v) is 5.59. The molecule has 0 atom stereocenters.